The van der Waals surface area contributed by atoms with Gasteiger partial charge < -0.3 is 15.1 Å². The number of nitrogens with one attached hydrogen (secondary N) is 1. The van der Waals surface area contributed by atoms with Gasteiger partial charge in [-0.25, -0.2) is 4.98 Å². The van der Waals surface area contributed by atoms with Crippen LogP contribution in [0.1, 0.15) is 11.6 Å². The van der Waals surface area contributed by atoms with Gasteiger partial charge in [-0.3, -0.25) is 9.36 Å². The van der Waals surface area contributed by atoms with Crippen LogP contribution in [0.15, 0.2) is 77.7 Å². The van der Waals surface area contributed by atoms with E-state index in [0.29, 0.717) is 15.6 Å². The average Bonchev–Trinajstić information content (AvgIpc) is 2.87. The number of benzene rings is 2. The molecule has 0 aliphatic carbocycles. The summed E-state index contributed by atoms with van der Waals surface area (Å²) in [7, 11) is 2.10. The molecule has 2 aromatic heterocycles. The average molecular weight is 495 g/mol. The molecule has 1 aliphatic rings. The summed E-state index contributed by atoms with van der Waals surface area (Å²) in [6, 6.07) is 15.4. The largest absolute Gasteiger partial charge is 0.413 e. The SMILES string of the molecule is CN1CCN(c2ccc(Nc3ncc4ccc(=O)n(C(c5ccccc5)C(F)(F)F)c4n3)cc2)CC1. The molecule has 0 amide bonds. The van der Waals surface area contributed by atoms with Crippen molar-refractivity contribution < 1.29 is 13.2 Å². The Hall–Kier alpha value is -3.92. The Bertz CT molecular complexity index is 1400. The van der Waals surface area contributed by atoms with Crippen LogP contribution in [0.5, 0.6) is 0 Å². The Balaban J connectivity index is 1.48. The molecule has 0 saturated carbocycles. The molecule has 1 atom stereocenters. The minimum absolute atomic E-state index is 0.0489. The summed E-state index contributed by atoms with van der Waals surface area (Å²) >= 11 is 0. The van der Waals surface area contributed by atoms with Gasteiger partial charge in [-0.1, -0.05) is 30.3 Å². The zero-order valence-corrected chi connectivity index (χ0v) is 19.6. The van der Waals surface area contributed by atoms with E-state index in [1.165, 1.54) is 36.5 Å². The normalized spacial score (nSPS) is 15.7. The number of fused-ring (bicyclic) bond motifs is 1. The molecule has 4 aromatic rings. The molecule has 10 heteroatoms. The Kier molecular flexibility index (Phi) is 6.36. The van der Waals surface area contributed by atoms with Crippen LogP contribution >= 0.6 is 0 Å². The molecule has 186 valence electrons. The number of alkyl halides is 3. The first-order valence-electron chi connectivity index (χ1n) is 11.6. The second-order valence-corrected chi connectivity index (χ2v) is 8.83. The lowest BCUT2D eigenvalue weighted by molar-refractivity contribution is -0.156. The van der Waals surface area contributed by atoms with Crippen molar-refractivity contribution in [1.82, 2.24) is 19.4 Å². The predicted molar refractivity (Wildman–Crippen MR) is 134 cm³/mol. The Labute approximate surface area is 205 Å². The lowest BCUT2D eigenvalue weighted by atomic mass is 10.1. The number of pyridine rings is 1. The number of anilines is 3. The fourth-order valence-corrected chi connectivity index (χ4v) is 4.42. The summed E-state index contributed by atoms with van der Waals surface area (Å²) < 4.78 is 43.4. The highest BCUT2D eigenvalue weighted by Gasteiger charge is 2.43. The predicted octanol–water partition coefficient (Wildman–Crippen LogP) is 4.44. The van der Waals surface area contributed by atoms with E-state index in [1.807, 2.05) is 24.3 Å². The summed E-state index contributed by atoms with van der Waals surface area (Å²) in [6.45, 7) is 3.87. The van der Waals surface area contributed by atoms with Gasteiger partial charge in [0.05, 0.1) is 0 Å². The van der Waals surface area contributed by atoms with E-state index in [2.05, 4.69) is 32.1 Å². The molecule has 3 heterocycles. The summed E-state index contributed by atoms with van der Waals surface area (Å²) in [5.41, 5.74) is 0.840. The number of rotatable bonds is 5. The van der Waals surface area contributed by atoms with Crippen LogP contribution in [0.3, 0.4) is 0 Å². The lowest BCUT2D eigenvalue weighted by Gasteiger charge is -2.34. The van der Waals surface area contributed by atoms with Crippen molar-refractivity contribution >= 4 is 28.4 Å². The second kappa shape index (κ2) is 9.62. The third-order valence-electron chi connectivity index (χ3n) is 6.34. The van der Waals surface area contributed by atoms with Crippen LogP contribution in [-0.4, -0.2) is 58.8 Å². The second-order valence-electron chi connectivity index (χ2n) is 8.83. The monoisotopic (exact) mass is 494 g/mol. The van der Waals surface area contributed by atoms with E-state index in [-0.39, 0.29) is 17.2 Å². The number of hydrogen-bond donors (Lipinski definition) is 1. The summed E-state index contributed by atoms with van der Waals surface area (Å²) in [5.74, 6) is 0.100. The van der Waals surface area contributed by atoms with Crippen LogP contribution in [0, 0.1) is 0 Å². The molecule has 36 heavy (non-hydrogen) atoms. The van der Waals surface area contributed by atoms with Crippen molar-refractivity contribution in [3.63, 3.8) is 0 Å². The zero-order valence-electron chi connectivity index (χ0n) is 19.6. The maximum absolute atomic E-state index is 14.2. The Morgan fingerprint density at radius 3 is 2.28 bits per heavy atom. The molecule has 0 bridgehead atoms. The van der Waals surface area contributed by atoms with Gasteiger partial charge in [0.1, 0.15) is 5.65 Å². The van der Waals surface area contributed by atoms with Crippen molar-refractivity contribution in [2.75, 3.05) is 43.4 Å². The van der Waals surface area contributed by atoms with Crippen LogP contribution in [0.2, 0.25) is 0 Å². The van der Waals surface area contributed by atoms with E-state index >= 15 is 0 Å². The third-order valence-corrected chi connectivity index (χ3v) is 6.34. The molecule has 1 aliphatic heterocycles. The van der Waals surface area contributed by atoms with Crippen LogP contribution in [0.25, 0.3) is 11.0 Å². The fraction of sp³-hybridized carbons (Fsp3) is 0.269. The minimum Gasteiger partial charge on any atom is -0.369 e. The zero-order chi connectivity index (χ0) is 25.3. The van der Waals surface area contributed by atoms with Gasteiger partial charge in [0.2, 0.25) is 5.95 Å². The fourth-order valence-electron chi connectivity index (χ4n) is 4.42. The van der Waals surface area contributed by atoms with Crippen LogP contribution < -0.4 is 15.8 Å². The van der Waals surface area contributed by atoms with Crippen molar-refractivity contribution in [3.05, 3.63) is 88.8 Å². The number of nitrogens with zero attached hydrogens (tertiary/aromatic N) is 5. The molecule has 1 fully saturated rings. The lowest BCUT2D eigenvalue weighted by Crippen LogP contribution is -2.44. The minimum atomic E-state index is -4.71. The molecule has 1 N–H and O–H groups in total. The summed E-state index contributed by atoms with van der Waals surface area (Å²) in [5, 5.41) is 3.38. The van der Waals surface area contributed by atoms with Crippen molar-refractivity contribution in [1.29, 1.82) is 0 Å². The summed E-state index contributed by atoms with van der Waals surface area (Å²) in [4.78, 5) is 25.9. The van der Waals surface area contributed by atoms with Gasteiger partial charge in [-0.15, -0.1) is 0 Å². The molecular formula is C26H25F3N6O. The van der Waals surface area contributed by atoms with E-state index in [4.69, 9.17) is 0 Å². The highest BCUT2D eigenvalue weighted by Crippen LogP contribution is 2.36. The number of likely N-dealkylation sites (N-methyl/N-ethyl adjacent to an activating group) is 1. The third kappa shape index (κ3) is 4.90. The molecule has 1 saturated heterocycles. The quantitative estimate of drug-likeness (QED) is 0.443. The van der Waals surface area contributed by atoms with E-state index < -0.39 is 17.8 Å². The number of hydrogen-bond acceptors (Lipinski definition) is 6. The van der Waals surface area contributed by atoms with Gasteiger partial charge in [-0.2, -0.15) is 18.2 Å². The first-order valence-corrected chi connectivity index (χ1v) is 11.6. The first-order chi connectivity index (χ1) is 17.3. The van der Waals surface area contributed by atoms with Gasteiger partial charge in [0, 0.05) is 55.2 Å². The summed E-state index contributed by atoms with van der Waals surface area (Å²) in [6.07, 6.45) is -3.30. The molecule has 5 rings (SSSR count). The highest BCUT2D eigenvalue weighted by molar-refractivity contribution is 5.76. The topological polar surface area (TPSA) is 66.3 Å². The molecular weight excluding hydrogens is 469 g/mol. The maximum atomic E-state index is 14.2. The van der Waals surface area contributed by atoms with E-state index in [1.54, 1.807) is 6.07 Å². The Morgan fingerprint density at radius 2 is 1.61 bits per heavy atom. The molecule has 0 spiro atoms. The molecule has 2 aromatic carbocycles. The molecule has 1 unspecified atom stereocenters. The van der Waals surface area contributed by atoms with Crippen LogP contribution in [-0.2, 0) is 0 Å². The van der Waals surface area contributed by atoms with Gasteiger partial charge in [-0.05, 0) is 42.9 Å². The maximum Gasteiger partial charge on any atom is 0.413 e. The Morgan fingerprint density at radius 1 is 0.917 bits per heavy atom. The van der Waals surface area contributed by atoms with Crippen molar-refractivity contribution in [3.8, 4) is 0 Å². The smallest absolute Gasteiger partial charge is 0.369 e. The van der Waals surface area contributed by atoms with Gasteiger partial charge >= 0.3 is 6.18 Å². The van der Waals surface area contributed by atoms with E-state index in [0.717, 1.165) is 37.9 Å². The van der Waals surface area contributed by atoms with E-state index in [9.17, 15) is 18.0 Å². The van der Waals surface area contributed by atoms with Crippen molar-refractivity contribution in [2.45, 2.75) is 12.2 Å². The standard InChI is InChI=1S/C26H25F3N6O/c1-33-13-15-34(16-14-33)21-10-8-20(9-11-21)31-25-30-17-19-7-12-22(36)35(24(19)32-25)23(26(27,28)29)18-5-3-2-4-6-18/h2-12,17,23H,13-16H2,1H3,(H,30,31,32). The number of piperazine rings is 1. The van der Waals surface area contributed by atoms with Crippen molar-refractivity contribution in [2.24, 2.45) is 0 Å². The van der Waals surface area contributed by atoms with Gasteiger partial charge in [0.25, 0.3) is 5.56 Å². The van der Waals surface area contributed by atoms with Crippen LogP contribution in [0.4, 0.5) is 30.5 Å². The number of halogens is 3. The molecule has 7 nitrogen and oxygen atoms in total. The highest BCUT2D eigenvalue weighted by atomic mass is 19.4. The number of aromatic nitrogens is 3. The molecule has 0 radical (unpaired) electrons. The first kappa shape index (κ1) is 23.8. The van der Waals surface area contributed by atoms with Gasteiger partial charge in [0.15, 0.2) is 6.04 Å².